The summed E-state index contributed by atoms with van der Waals surface area (Å²) in [7, 11) is 0. The molecule has 0 aliphatic rings. The highest BCUT2D eigenvalue weighted by atomic mass is 32.1. The summed E-state index contributed by atoms with van der Waals surface area (Å²) in [5.41, 5.74) is 11.4. The number of carboxylic acids is 1. The van der Waals surface area contributed by atoms with Crippen LogP contribution < -0.4 is 27.4 Å². The quantitative estimate of drug-likeness (QED) is 0.104. The number of rotatable bonds is 15. The maximum Gasteiger partial charge on any atom is 0.327 e. The first-order valence-electron chi connectivity index (χ1n) is 10.3. The molecule has 11 nitrogen and oxygen atoms in total. The Labute approximate surface area is 188 Å². The van der Waals surface area contributed by atoms with E-state index in [0.717, 1.165) is 0 Å². The Morgan fingerprint density at radius 2 is 1.52 bits per heavy atom. The fourth-order valence-electron chi connectivity index (χ4n) is 2.76. The summed E-state index contributed by atoms with van der Waals surface area (Å²) >= 11 is 3.87. The zero-order valence-electron chi connectivity index (χ0n) is 18.3. The monoisotopic (exact) mass is 463 g/mol. The highest BCUT2D eigenvalue weighted by molar-refractivity contribution is 7.80. The highest BCUT2D eigenvalue weighted by Gasteiger charge is 2.32. The normalized spacial score (nSPS) is 16.0. The van der Waals surface area contributed by atoms with Crippen molar-refractivity contribution in [2.24, 2.45) is 17.4 Å². The smallest absolute Gasteiger partial charge is 0.327 e. The number of aliphatic hydroxyl groups excluding tert-OH is 1. The third-order valence-corrected chi connectivity index (χ3v) is 4.87. The van der Waals surface area contributed by atoms with Crippen LogP contribution in [0.4, 0.5) is 0 Å². The first-order chi connectivity index (χ1) is 14.4. The lowest BCUT2D eigenvalue weighted by atomic mass is 10.0. The average molecular weight is 464 g/mol. The number of carbonyl (C=O) groups excluding carboxylic acids is 3. The average Bonchev–Trinajstić information content (AvgIpc) is 2.67. The maximum atomic E-state index is 12.8. The van der Waals surface area contributed by atoms with E-state index in [1.165, 1.54) is 6.92 Å². The fourth-order valence-corrected chi connectivity index (χ4v) is 3.01. The van der Waals surface area contributed by atoms with Crippen LogP contribution in [0, 0.1) is 5.92 Å². The van der Waals surface area contributed by atoms with Crippen molar-refractivity contribution < 1.29 is 29.4 Å². The van der Waals surface area contributed by atoms with Crippen molar-refractivity contribution in [1.29, 1.82) is 0 Å². The van der Waals surface area contributed by atoms with Crippen LogP contribution >= 0.6 is 12.6 Å². The van der Waals surface area contributed by atoms with Crippen LogP contribution in [0.5, 0.6) is 0 Å². The summed E-state index contributed by atoms with van der Waals surface area (Å²) in [6.07, 6.45) is 0.538. The van der Waals surface area contributed by atoms with E-state index < -0.39 is 54.0 Å². The molecule has 0 heterocycles. The van der Waals surface area contributed by atoms with Crippen molar-refractivity contribution in [3.8, 4) is 0 Å². The number of nitrogens with two attached hydrogens (primary N) is 2. The van der Waals surface area contributed by atoms with E-state index in [9.17, 15) is 24.3 Å². The number of nitrogens with one attached hydrogen (secondary N) is 3. The van der Waals surface area contributed by atoms with Crippen molar-refractivity contribution in [3.63, 3.8) is 0 Å². The van der Waals surface area contributed by atoms with Crippen LogP contribution in [0.3, 0.4) is 0 Å². The molecule has 0 saturated heterocycles. The first-order valence-corrected chi connectivity index (χ1v) is 11.0. The summed E-state index contributed by atoms with van der Waals surface area (Å²) in [5.74, 6) is -3.37. The molecule has 3 amide bonds. The van der Waals surface area contributed by atoms with Gasteiger partial charge in [0.15, 0.2) is 0 Å². The van der Waals surface area contributed by atoms with Gasteiger partial charge in [0.2, 0.25) is 17.7 Å². The molecule has 0 aromatic carbocycles. The number of aliphatic hydroxyl groups is 1. The number of aliphatic carboxylic acids is 1. The van der Waals surface area contributed by atoms with Gasteiger partial charge in [0.25, 0.3) is 0 Å². The minimum Gasteiger partial charge on any atom is -0.480 e. The number of carbonyl (C=O) groups is 4. The molecular formula is C19H37N5O6S. The third kappa shape index (κ3) is 11.3. The molecular weight excluding hydrogens is 426 g/mol. The molecule has 0 aliphatic carbocycles. The minimum absolute atomic E-state index is 0.174. The number of unbranched alkanes of at least 4 members (excludes halogenated alkanes) is 1. The highest BCUT2D eigenvalue weighted by Crippen LogP contribution is 2.07. The number of hydrogen-bond donors (Lipinski definition) is 8. The number of thiol groups is 1. The van der Waals surface area contributed by atoms with Crippen LogP contribution in [0.15, 0.2) is 0 Å². The topological polar surface area (TPSA) is 197 Å². The van der Waals surface area contributed by atoms with Gasteiger partial charge in [0, 0.05) is 5.75 Å². The van der Waals surface area contributed by atoms with Crippen molar-refractivity contribution in [3.05, 3.63) is 0 Å². The molecule has 0 saturated carbocycles. The van der Waals surface area contributed by atoms with Crippen LogP contribution in [0.1, 0.15) is 46.5 Å². The second-order valence-electron chi connectivity index (χ2n) is 7.89. The van der Waals surface area contributed by atoms with Gasteiger partial charge in [-0.1, -0.05) is 13.8 Å². The van der Waals surface area contributed by atoms with E-state index in [4.69, 9.17) is 16.6 Å². The SMILES string of the molecule is CC(C)CC(N)C(=O)NC(CCCCN)C(=O)NC(C(=O)NC(CS)C(=O)O)C(C)O. The Morgan fingerprint density at radius 1 is 0.935 bits per heavy atom. The molecule has 5 unspecified atom stereocenters. The number of amides is 3. The Hall–Kier alpha value is -1.89. The zero-order valence-corrected chi connectivity index (χ0v) is 19.2. The molecule has 0 spiro atoms. The second kappa shape index (κ2) is 15.0. The van der Waals surface area contributed by atoms with Crippen molar-refractivity contribution in [2.45, 2.75) is 76.7 Å². The summed E-state index contributed by atoms with van der Waals surface area (Å²) in [5, 5.41) is 26.2. The van der Waals surface area contributed by atoms with Gasteiger partial charge in [-0.3, -0.25) is 14.4 Å². The predicted molar refractivity (Wildman–Crippen MR) is 119 cm³/mol. The van der Waals surface area contributed by atoms with Crippen LogP contribution in [-0.4, -0.2) is 76.5 Å². The van der Waals surface area contributed by atoms with Crippen molar-refractivity contribution in [2.75, 3.05) is 12.3 Å². The lowest BCUT2D eigenvalue weighted by Gasteiger charge is -2.26. The minimum atomic E-state index is -1.42. The Balaban J connectivity index is 5.33. The van der Waals surface area contributed by atoms with Gasteiger partial charge in [-0.05, 0) is 45.1 Å². The van der Waals surface area contributed by atoms with Gasteiger partial charge >= 0.3 is 5.97 Å². The molecule has 0 fully saturated rings. The van der Waals surface area contributed by atoms with Gasteiger partial charge in [0.1, 0.15) is 18.1 Å². The molecule has 0 aromatic heterocycles. The van der Waals surface area contributed by atoms with Gasteiger partial charge in [-0.25, -0.2) is 4.79 Å². The molecule has 31 heavy (non-hydrogen) atoms. The van der Waals surface area contributed by atoms with Crippen LogP contribution in [-0.2, 0) is 19.2 Å². The van der Waals surface area contributed by atoms with Crippen LogP contribution in [0.2, 0.25) is 0 Å². The Kier molecular flexibility index (Phi) is 14.1. The summed E-state index contributed by atoms with van der Waals surface area (Å²) in [6.45, 7) is 5.52. The second-order valence-corrected chi connectivity index (χ2v) is 8.26. The van der Waals surface area contributed by atoms with Crippen molar-refractivity contribution in [1.82, 2.24) is 16.0 Å². The molecule has 0 aliphatic heterocycles. The van der Waals surface area contributed by atoms with Crippen LogP contribution in [0.25, 0.3) is 0 Å². The Morgan fingerprint density at radius 3 is 1.97 bits per heavy atom. The van der Waals surface area contributed by atoms with Gasteiger partial charge in [-0.2, -0.15) is 12.6 Å². The molecule has 5 atom stereocenters. The van der Waals surface area contributed by atoms with E-state index in [-0.39, 0.29) is 18.1 Å². The summed E-state index contributed by atoms with van der Waals surface area (Å²) < 4.78 is 0. The van der Waals surface area contributed by atoms with Gasteiger partial charge in [-0.15, -0.1) is 0 Å². The lowest BCUT2D eigenvalue weighted by molar-refractivity contribution is -0.142. The van der Waals surface area contributed by atoms with Gasteiger partial charge < -0.3 is 37.6 Å². The zero-order chi connectivity index (χ0) is 24.1. The molecule has 12 heteroatoms. The largest absolute Gasteiger partial charge is 0.480 e. The molecule has 0 aromatic rings. The maximum absolute atomic E-state index is 12.8. The number of hydrogen-bond acceptors (Lipinski definition) is 8. The molecule has 9 N–H and O–H groups in total. The van der Waals surface area contributed by atoms with E-state index in [1.807, 2.05) is 13.8 Å². The lowest BCUT2D eigenvalue weighted by Crippen LogP contribution is -2.60. The molecule has 0 rings (SSSR count). The van der Waals surface area contributed by atoms with Gasteiger partial charge in [0.05, 0.1) is 12.1 Å². The predicted octanol–water partition coefficient (Wildman–Crippen LogP) is -1.66. The summed E-state index contributed by atoms with van der Waals surface area (Å²) in [4.78, 5) is 48.7. The van der Waals surface area contributed by atoms with E-state index in [2.05, 4.69) is 28.6 Å². The standard InChI is InChI=1S/C19H37N5O6S/c1-10(2)8-12(21)16(26)22-13(6-4-5-7-20)17(27)24-15(11(3)25)18(28)23-14(9-31)19(29)30/h10-15,25,31H,4-9,20-21H2,1-3H3,(H,22,26)(H,23,28)(H,24,27)(H,29,30). The first kappa shape index (κ1) is 29.1. The number of carboxylic acid groups (broad SMARTS) is 1. The van der Waals surface area contributed by atoms with E-state index >= 15 is 0 Å². The third-order valence-electron chi connectivity index (χ3n) is 4.50. The molecule has 0 radical (unpaired) electrons. The Bertz CT molecular complexity index is 604. The van der Waals surface area contributed by atoms with E-state index in [1.54, 1.807) is 0 Å². The van der Waals surface area contributed by atoms with Crippen molar-refractivity contribution >= 4 is 36.3 Å². The molecule has 0 bridgehead atoms. The van der Waals surface area contributed by atoms with E-state index in [0.29, 0.717) is 25.8 Å². The molecule has 180 valence electrons. The fraction of sp³-hybridized carbons (Fsp3) is 0.789. The summed E-state index contributed by atoms with van der Waals surface area (Å²) in [6, 6.07) is -4.51.